The first kappa shape index (κ1) is 19.6. The van der Waals surface area contributed by atoms with Gasteiger partial charge in [0, 0.05) is 11.6 Å². The lowest BCUT2D eigenvalue weighted by Gasteiger charge is -2.24. The van der Waals surface area contributed by atoms with E-state index >= 15 is 0 Å². The molecule has 6 nitrogen and oxygen atoms in total. The Kier molecular flexibility index (Phi) is 5.45. The zero-order valence-electron chi connectivity index (χ0n) is 16.1. The number of ether oxygens (including phenoxy) is 1. The Morgan fingerprint density at radius 3 is 2.53 bits per heavy atom. The van der Waals surface area contributed by atoms with E-state index in [9.17, 15) is 14.7 Å². The largest absolute Gasteiger partial charge is 0.503 e. The Balaban J connectivity index is 1.76. The zero-order chi connectivity index (χ0) is 21.1. The van der Waals surface area contributed by atoms with E-state index in [2.05, 4.69) is 4.98 Å². The second-order valence-electron chi connectivity index (χ2n) is 6.54. The molecule has 1 N–H and O–H groups in total. The maximum absolute atomic E-state index is 13.1. The van der Waals surface area contributed by atoms with E-state index in [1.165, 1.54) is 22.3 Å². The lowest BCUT2D eigenvalue weighted by atomic mass is 9.95. The fourth-order valence-corrected chi connectivity index (χ4v) is 3.98. The number of amides is 1. The molecule has 2 heterocycles. The molecule has 0 saturated heterocycles. The summed E-state index contributed by atoms with van der Waals surface area (Å²) in [7, 11) is 1.56. The number of methoxy groups -OCH3 is 1. The quantitative estimate of drug-likeness (QED) is 0.603. The van der Waals surface area contributed by atoms with Gasteiger partial charge in [-0.25, -0.2) is 4.98 Å². The number of nitrogens with zero attached hydrogens (tertiary/aromatic N) is 2. The summed E-state index contributed by atoms with van der Waals surface area (Å²) in [6.07, 6.45) is 4.60. The molecule has 150 valence electrons. The van der Waals surface area contributed by atoms with Crippen LogP contribution in [-0.4, -0.2) is 28.9 Å². The highest BCUT2D eigenvalue weighted by Crippen LogP contribution is 2.42. The van der Waals surface area contributed by atoms with Crippen LogP contribution in [0.4, 0.5) is 5.13 Å². The van der Waals surface area contributed by atoms with Crippen LogP contribution in [0.5, 0.6) is 5.75 Å². The number of thiazole rings is 1. The number of ketones is 1. The Hall–Kier alpha value is -3.71. The summed E-state index contributed by atoms with van der Waals surface area (Å²) in [5.41, 5.74) is 1.53. The molecular formula is C23H18N2O4S. The smallest absolute Gasteiger partial charge is 0.296 e. The van der Waals surface area contributed by atoms with Gasteiger partial charge in [-0.05, 0) is 29.3 Å². The van der Waals surface area contributed by atoms with Gasteiger partial charge < -0.3 is 9.84 Å². The number of hydrogen-bond acceptors (Lipinski definition) is 6. The van der Waals surface area contributed by atoms with Gasteiger partial charge in [0.1, 0.15) is 5.75 Å². The van der Waals surface area contributed by atoms with E-state index < -0.39 is 23.5 Å². The Morgan fingerprint density at radius 2 is 1.90 bits per heavy atom. The molecule has 0 spiro atoms. The summed E-state index contributed by atoms with van der Waals surface area (Å²) in [5.74, 6) is -1.01. The van der Waals surface area contributed by atoms with Gasteiger partial charge in [0.15, 0.2) is 16.7 Å². The number of aliphatic hydroxyl groups is 1. The van der Waals surface area contributed by atoms with Gasteiger partial charge in [-0.15, -0.1) is 11.3 Å². The molecule has 7 heteroatoms. The van der Waals surface area contributed by atoms with Gasteiger partial charge in [-0.1, -0.05) is 48.5 Å². The average molecular weight is 418 g/mol. The molecule has 0 bridgehead atoms. The van der Waals surface area contributed by atoms with Crippen molar-refractivity contribution in [1.82, 2.24) is 4.98 Å². The van der Waals surface area contributed by atoms with Gasteiger partial charge in [-0.3, -0.25) is 14.5 Å². The standard InChI is InChI=1S/C23H18N2O4S/c1-29-17-10-8-16(9-11-17)20-19(18(26)12-7-15-5-3-2-4-6-15)21(27)22(28)25(20)23-24-13-14-30-23/h2-14,20,27H,1H3. The normalized spacial score (nSPS) is 16.5. The fraction of sp³-hybridized carbons (Fsp3) is 0.0870. The topological polar surface area (TPSA) is 79.7 Å². The van der Waals surface area contributed by atoms with Crippen molar-refractivity contribution in [3.05, 3.63) is 94.7 Å². The van der Waals surface area contributed by atoms with Crippen molar-refractivity contribution < 1.29 is 19.4 Å². The number of benzene rings is 2. The number of aliphatic hydroxyl groups excluding tert-OH is 1. The van der Waals surface area contributed by atoms with E-state index in [1.807, 2.05) is 30.3 Å². The summed E-state index contributed by atoms with van der Waals surface area (Å²) in [6, 6.07) is 15.6. The fourth-order valence-electron chi connectivity index (χ4n) is 3.32. The number of rotatable bonds is 6. The minimum absolute atomic E-state index is 0.0209. The van der Waals surface area contributed by atoms with Crippen LogP contribution >= 0.6 is 11.3 Å². The molecule has 4 rings (SSSR count). The monoisotopic (exact) mass is 418 g/mol. The number of carbonyl (C=O) groups is 2. The number of anilines is 1. The van der Waals surface area contributed by atoms with Crippen molar-refractivity contribution in [1.29, 1.82) is 0 Å². The summed E-state index contributed by atoms with van der Waals surface area (Å²) in [4.78, 5) is 31.5. The Morgan fingerprint density at radius 1 is 1.17 bits per heavy atom. The second-order valence-corrected chi connectivity index (χ2v) is 7.41. The lowest BCUT2D eigenvalue weighted by Crippen LogP contribution is -2.30. The van der Waals surface area contributed by atoms with Gasteiger partial charge in [-0.2, -0.15) is 0 Å². The molecule has 1 amide bonds. The van der Waals surface area contributed by atoms with Crippen molar-refractivity contribution in [3.63, 3.8) is 0 Å². The van der Waals surface area contributed by atoms with Crippen LogP contribution < -0.4 is 9.64 Å². The van der Waals surface area contributed by atoms with Crippen LogP contribution in [0.1, 0.15) is 17.2 Å². The van der Waals surface area contributed by atoms with Crippen molar-refractivity contribution >= 4 is 34.2 Å². The number of allylic oxidation sites excluding steroid dienone is 1. The summed E-state index contributed by atoms with van der Waals surface area (Å²) in [6.45, 7) is 0. The minimum Gasteiger partial charge on any atom is -0.503 e. The van der Waals surface area contributed by atoms with Gasteiger partial charge in [0.05, 0.1) is 18.7 Å². The van der Waals surface area contributed by atoms with Crippen molar-refractivity contribution in [2.45, 2.75) is 6.04 Å². The van der Waals surface area contributed by atoms with E-state index in [0.717, 1.165) is 5.56 Å². The van der Waals surface area contributed by atoms with Crippen LogP contribution in [0, 0.1) is 0 Å². The van der Waals surface area contributed by atoms with Gasteiger partial charge in [0.25, 0.3) is 5.91 Å². The van der Waals surface area contributed by atoms with Crippen molar-refractivity contribution in [2.24, 2.45) is 0 Å². The van der Waals surface area contributed by atoms with Crippen LogP contribution in [0.3, 0.4) is 0 Å². The lowest BCUT2D eigenvalue weighted by molar-refractivity contribution is -0.117. The molecule has 1 atom stereocenters. The molecule has 1 aliphatic heterocycles. The molecule has 2 aromatic carbocycles. The molecule has 0 aliphatic carbocycles. The van der Waals surface area contributed by atoms with E-state index in [1.54, 1.807) is 49.0 Å². The highest BCUT2D eigenvalue weighted by molar-refractivity contribution is 7.13. The highest BCUT2D eigenvalue weighted by atomic mass is 32.1. The molecule has 1 unspecified atom stereocenters. The maximum Gasteiger partial charge on any atom is 0.296 e. The van der Waals surface area contributed by atoms with Crippen LogP contribution in [0.2, 0.25) is 0 Å². The third-order valence-corrected chi connectivity index (χ3v) is 5.53. The van der Waals surface area contributed by atoms with E-state index in [0.29, 0.717) is 16.4 Å². The molecule has 0 saturated carbocycles. The summed E-state index contributed by atoms with van der Waals surface area (Å²) in [5, 5.41) is 12.8. The molecule has 0 fully saturated rings. The Labute approximate surface area is 177 Å². The third kappa shape index (κ3) is 3.62. The minimum atomic E-state index is -0.789. The molecular weight excluding hydrogens is 400 g/mol. The van der Waals surface area contributed by atoms with E-state index in [4.69, 9.17) is 4.74 Å². The van der Waals surface area contributed by atoms with Crippen molar-refractivity contribution in [2.75, 3.05) is 12.0 Å². The summed E-state index contributed by atoms with van der Waals surface area (Å²) >= 11 is 1.26. The predicted molar refractivity (Wildman–Crippen MR) is 115 cm³/mol. The summed E-state index contributed by atoms with van der Waals surface area (Å²) < 4.78 is 5.20. The maximum atomic E-state index is 13.1. The van der Waals surface area contributed by atoms with Crippen molar-refractivity contribution in [3.8, 4) is 5.75 Å². The average Bonchev–Trinajstić information content (AvgIpc) is 3.40. The first-order chi connectivity index (χ1) is 14.6. The molecule has 30 heavy (non-hydrogen) atoms. The second kappa shape index (κ2) is 8.34. The first-order valence-corrected chi connectivity index (χ1v) is 10.1. The molecule has 0 radical (unpaired) electrons. The highest BCUT2D eigenvalue weighted by Gasteiger charge is 2.44. The van der Waals surface area contributed by atoms with Crippen LogP contribution in [0.15, 0.2) is 83.6 Å². The van der Waals surface area contributed by atoms with Gasteiger partial charge in [0.2, 0.25) is 0 Å². The first-order valence-electron chi connectivity index (χ1n) is 9.17. The van der Waals surface area contributed by atoms with E-state index in [-0.39, 0.29) is 5.57 Å². The zero-order valence-corrected chi connectivity index (χ0v) is 16.9. The Bertz CT molecular complexity index is 1120. The predicted octanol–water partition coefficient (Wildman–Crippen LogP) is 4.33. The molecule has 1 aromatic heterocycles. The SMILES string of the molecule is COc1ccc(C2C(C(=O)C=Cc3ccccc3)=C(O)C(=O)N2c2nccs2)cc1. The van der Waals surface area contributed by atoms with Gasteiger partial charge >= 0.3 is 0 Å². The number of aromatic nitrogens is 1. The third-order valence-electron chi connectivity index (χ3n) is 4.76. The van der Waals surface area contributed by atoms with Crippen LogP contribution in [-0.2, 0) is 9.59 Å². The number of hydrogen-bond donors (Lipinski definition) is 1. The molecule has 3 aromatic rings. The number of carbonyl (C=O) groups excluding carboxylic acids is 2. The molecule has 1 aliphatic rings. The van der Waals surface area contributed by atoms with Crippen LogP contribution in [0.25, 0.3) is 6.08 Å².